The summed E-state index contributed by atoms with van der Waals surface area (Å²) in [5.41, 5.74) is 1.48. The van der Waals surface area contributed by atoms with E-state index in [-0.39, 0.29) is 12.4 Å². The van der Waals surface area contributed by atoms with Crippen molar-refractivity contribution in [3.63, 3.8) is 0 Å². The summed E-state index contributed by atoms with van der Waals surface area (Å²) in [5, 5.41) is 10.4. The molecule has 0 aliphatic carbocycles. The van der Waals surface area contributed by atoms with Crippen LogP contribution in [0.5, 0.6) is 0 Å². The van der Waals surface area contributed by atoms with Gasteiger partial charge in [-0.2, -0.15) is 5.10 Å². The third-order valence-corrected chi connectivity index (χ3v) is 3.23. The van der Waals surface area contributed by atoms with E-state index < -0.39 is 0 Å². The fraction of sp³-hybridized carbons (Fsp3) is 0.700. The Morgan fingerprint density at radius 2 is 2.40 bits per heavy atom. The molecule has 1 aromatic heterocycles. The molecular formula is C10H19ClN4. The monoisotopic (exact) mass is 230 g/mol. The Hall–Kier alpha value is -0.580. The molecule has 2 N–H and O–H groups in total. The highest BCUT2D eigenvalue weighted by Crippen LogP contribution is 2.22. The van der Waals surface area contributed by atoms with Crippen molar-refractivity contribution in [1.82, 2.24) is 20.4 Å². The lowest BCUT2D eigenvalue weighted by Gasteiger charge is -2.34. The van der Waals surface area contributed by atoms with Crippen LogP contribution in [0.2, 0.25) is 0 Å². The first kappa shape index (κ1) is 12.5. The molecule has 5 heteroatoms. The number of likely N-dealkylation sites (N-methyl/N-ethyl adjacent to an activating group) is 1. The molecule has 0 spiro atoms. The number of nitrogens with one attached hydrogen (secondary N) is 2. The van der Waals surface area contributed by atoms with E-state index in [0.717, 1.165) is 19.6 Å². The van der Waals surface area contributed by atoms with Gasteiger partial charge in [0, 0.05) is 30.5 Å². The minimum Gasteiger partial charge on any atom is -0.315 e. The molecule has 1 atom stereocenters. The molecule has 1 unspecified atom stereocenters. The molecule has 4 nitrogen and oxygen atoms in total. The molecule has 0 saturated carbocycles. The van der Waals surface area contributed by atoms with Gasteiger partial charge in [-0.05, 0) is 33.0 Å². The van der Waals surface area contributed by atoms with Crippen molar-refractivity contribution in [2.24, 2.45) is 0 Å². The maximum atomic E-state index is 3.96. The average molecular weight is 231 g/mol. The molecule has 1 fully saturated rings. The van der Waals surface area contributed by atoms with Gasteiger partial charge < -0.3 is 5.32 Å². The second-order valence-corrected chi connectivity index (χ2v) is 4.36. The Bertz CT molecular complexity index is 280. The number of rotatable bonds is 3. The quantitative estimate of drug-likeness (QED) is 0.815. The SMILES string of the molecule is CN(Cc1ccn[nH]1)C1(C)CCNC1.Cl. The van der Waals surface area contributed by atoms with Gasteiger partial charge in [0.2, 0.25) is 0 Å². The molecule has 1 saturated heterocycles. The molecule has 0 radical (unpaired) electrons. The molecule has 1 aliphatic heterocycles. The van der Waals surface area contributed by atoms with Crippen molar-refractivity contribution in [1.29, 1.82) is 0 Å². The zero-order valence-electron chi connectivity index (χ0n) is 9.29. The van der Waals surface area contributed by atoms with Crippen molar-refractivity contribution in [3.8, 4) is 0 Å². The molecule has 2 rings (SSSR count). The second kappa shape index (κ2) is 4.96. The lowest BCUT2D eigenvalue weighted by Crippen LogP contribution is -2.45. The van der Waals surface area contributed by atoms with Gasteiger partial charge in [0.25, 0.3) is 0 Å². The first-order valence-corrected chi connectivity index (χ1v) is 5.11. The van der Waals surface area contributed by atoms with E-state index in [2.05, 4.69) is 34.4 Å². The van der Waals surface area contributed by atoms with E-state index in [9.17, 15) is 0 Å². The van der Waals surface area contributed by atoms with Crippen molar-refractivity contribution < 1.29 is 0 Å². The average Bonchev–Trinajstić information content (AvgIpc) is 2.76. The Morgan fingerprint density at radius 1 is 1.60 bits per heavy atom. The van der Waals surface area contributed by atoms with Gasteiger partial charge in [0.05, 0.1) is 0 Å². The standard InChI is InChI=1S/C10H18N4.ClH/c1-10(4-6-11-8-10)14(2)7-9-3-5-12-13-9;/h3,5,11H,4,6-8H2,1-2H3,(H,12,13);1H. The smallest absolute Gasteiger partial charge is 0.0492 e. The summed E-state index contributed by atoms with van der Waals surface area (Å²) in [6.07, 6.45) is 3.02. The van der Waals surface area contributed by atoms with Crippen molar-refractivity contribution in [2.75, 3.05) is 20.1 Å². The van der Waals surface area contributed by atoms with Crippen molar-refractivity contribution in [3.05, 3.63) is 18.0 Å². The number of hydrogen-bond acceptors (Lipinski definition) is 3. The number of hydrogen-bond donors (Lipinski definition) is 2. The van der Waals surface area contributed by atoms with Crippen LogP contribution in [-0.2, 0) is 6.54 Å². The van der Waals surface area contributed by atoms with Crippen LogP contribution in [0.25, 0.3) is 0 Å². The Balaban J connectivity index is 0.00000112. The minimum absolute atomic E-state index is 0. The third kappa shape index (κ3) is 2.71. The first-order chi connectivity index (χ1) is 6.71. The van der Waals surface area contributed by atoms with Gasteiger partial charge in [-0.25, -0.2) is 0 Å². The summed E-state index contributed by atoms with van der Waals surface area (Å²) < 4.78 is 0. The predicted octanol–water partition coefficient (Wildman–Crippen LogP) is 1.02. The number of halogens is 1. The van der Waals surface area contributed by atoms with Gasteiger partial charge in [-0.1, -0.05) is 0 Å². The van der Waals surface area contributed by atoms with Gasteiger partial charge in [-0.15, -0.1) is 12.4 Å². The minimum atomic E-state index is 0. The van der Waals surface area contributed by atoms with Crippen LogP contribution in [0.1, 0.15) is 19.0 Å². The van der Waals surface area contributed by atoms with Gasteiger partial charge in [-0.3, -0.25) is 10.00 Å². The van der Waals surface area contributed by atoms with E-state index in [1.807, 2.05) is 6.07 Å². The molecule has 0 aromatic carbocycles. The third-order valence-electron chi connectivity index (χ3n) is 3.23. The van der Waals surface area contributed by atoms with E-state index in [1.165, 1.54) is 12.1 Å². The second-order valence-electron chi connectivity index (χ2n) is 4.36. The van der Waals surface area contributed by atoms with Crippen molar-refractivity contribution >= 4 is 12.4 Å². The molecule has 86 valence electrons. The topological polar surface area (TPSA) is 44.0 Å². The van der Waals surface area contributed by atoms with Gasteiger partial charge >= 0.3 is 0 Å². The van der Waals surface area contributed by atoms with Crippen LogP contribution in [0, 0.1) is 0 Å². The van der Waals surface area contributed by atoms with Crippen LogP contribution in [0.15, 0.2) is 12.3 Å². The number of H-pyrrole nitrogens is 1. The Labute approximate surface area is 96.8 Å². The molecule has 15 heavy (non-hydrogen) atoms. The molecule has 0 amide bonds. The van der Waals surface area contributed by atoms with Crippen LogP contribution < -0.4 is 5.32 Å². The van der Waals surface area contributed by atoms with Crippen molar-refractivity contribution in [2.45, 2.75) is 25.4 Å². The molecule has 0 bridgehead atoms. The lowest BCUT2D eigenvalue weighted by molar-refractivity contribution is 0.147. The van der Waals surface area contributed by atoms with E-state index in [4.69, 9.17) is 0 Å². The highest BCUT2D eigenvalue weighted by molar-refractivity contribution is 5.85. The van der Waals surface area contributed by atoms with E-state index in [1.54, 1.807) is 6.20 Å². The van der Waals surface area contributed by atoms with Gasteiger partial charge in [0.1, 0.15) is 0 Å². The fourth-order valence-corrected chi connectivity index (χ4v) is 1.95. The summed E-state index contributed by atoms with van der Waals surface area (Å²) in [6.45, 7) is 5.46. The first-order valence-electron chi connectivity index (χ1n) is 5.11. The highest BCUT2D eigenvalue weighted by atomic mass is 35.5. The van der Waals surface area contributed by atoms with E-state index >= 15 is 0 Å². The van der Waals surface area contributed by atoms with Gasteiger partial charge in [0.15, 0.2) is 0 Å². The van der Waals surface area contributed by atoms with Crippen LogP contribution >= 0.6 is 12.4 Å². The van der Waals surface area contributed by atoms with Crippen LogP contribution in [0.3, 0.4) is 0 Å². The van der Waals surface area contributed by atoms with Crippen LogP contribution in [-0.4, -0.2) is 40.8 Å². The van der Waals surface area contributed by atoms with E-state index in [0.29, 0.717) is 5.54 Å². The summed E-state index contributed by atoms with van der Waals surface area (Å²) in [5.74, 6) is 0. The summed E-state index contributed by atoms with van der Waals surface area (Å²) >= 11 is 0. The lowest BCUT2D eigenvalue weighted by atomic mass is 9.99. The fourth-order valence-electron chi connectivity index (χ4n) is 1.95. The summed E-state index contributed by atoms with van der Waals surface area (Å²) in [6, 6.07) is 2.03. The molecule has 2 heterocycles. The Kier molecular flexibility index (Phi) is 4.13. The largest absolute Gasteiger partial charge is 0.315 e. The van der Waals surface area contributed by atoms with Crippen LogP contribution in [0.4, 0.5) is 0 Å². The summed E-state index contributed by atoms with van der Waals surface area (Å²) in [4.78, 5) is 2.39. The normalized spacial score (nSPS) is 25.5. The number of aromatic amines is 1. The summed E-state index contributed by atoms with van der Waals surface area (Å²) in [7, 11) is 2.17. The highest BCUT2D eigenvalue weighted by Gasteiger charge is 2.32. The Morgan fingerprint density at radius 3 is 2.93 bits per heavy atom. The predicted molar refractivity (Wildman–Crippen MR) is 63.2 cm³/mol. The maximum Gasteiger partial charge on any atom is 0.0492 e. The number of aromatic nitrogens is 2. The molecule has 1 aromatic rings. The zero-order chi connectivity index (χ0) is 10.0. The zero-order valence-corrected chi connectivity index (χ0v) is 10.1. The maximum absolute atomic E-state index is 3.96. The molecule has 1 aliphatic rings. The number of nitrogens with zero attached hydrogens (tertiary/aromatic N) is 2. The molecular weight excluding hydrogens is 212 g/mol.